The number of alkyl carbamates (subject to hydrolysis) is 1. The van der Waals surface area contributed by atoms with Gasteiger partial charge in [0.15, 0.2) is 0 Å². The summed E-state index contributed by atoms with van der Waals surface area (Å²) in [6, 6.07) is 0. The third-order valence-electron chi connectivity index (χ3n) is 3.52. The Kier molecular flexibility index (Phi) is 5.18. The fourth-order valence-electron chi connectivity index (χ4n) is 2.56. The van der Waals surface area contributed by atoms with Crippen LogP contribution in [-0.4, -0.2) is 24.5 Å². The van der Waals surface area contributed by atoms with Crippen molar-refractivity contribution < 1.29 is 19.1 Å². The smallest absolute Gasteiger partial charge is 0.414 e. The number of anilines is 1. The van der Waals surface area contributed by atoms with Crippen molar-refractivity contribution in [3.63, 3.8) is 0 Å². The number of nitrogens with one attached hydrogen (secondary N) is 2. The summed E-state index contributed by atoms with van der Waals surface area (Å²) in [6.45, 7) is 5.42. The van der Waals surface area contributed by atoms with Gasteiger partial charge in [-0.3, -0.25) is 14.9 Å². The lowest BCUT2D eigenvalue weighted by molar-refractivity contribution is -0.114. The van der Waals surface area contributed by atoms with Crippen molar-refractivity contribution in [3.8, 4) is 0 Å². The summed E-state index contributed by atoms with van der Waals surface area (Å²) in [5.41, 5.74) is 1.34. The van der Waals surface area contributed by atoms with Crippen LogP contribution in [0.3, 0.4) is 0 Å². The molecule has 2 rings (SSSR count). The van der Waals surface area contributed by atoms with E-state index >= 15 is 0 Å². The standard InChI is InChI=1S/C15H20N2O4S/c1-4-21-15(20)17-13(19)12-10-6-5-8(2)7-11(10)22-14(12)16-9(3)18/h8H,4-7H2,1-3H3,(H,16,18)(H,17,19,20)/t8-/m0/s1. The van der Waals surface area contributed by atoms with Crippen LogP contribution < -0.4 is 10.6 Å². The molecule has 0 fully saturated rings. The third-order valence-corrected chi connectivity index (χ3v) is 4.69. The number of imide groups is 1. The van der Waals surface area contributed by atoms with Gasteiger partial charge in [-0.15, -0.1) is 11.3 Å². The maximum Gasteiger partial charge on any atom is 0.414 e. The molecular formula is C15H20N2O4S. The van der Waals surface area contributed by atoms with Crippen LogP contribution in [0.4, 0.5) is 9.80 Å². The first-order chi connectivity index (χ1) is 10.4. The summed E-state index contributed by atoms with van der Waals surface area (Å²) in [5.74, 6) is -0.205. The Morgan fingerprint density at radius 1 is 1.36 bits per heavy atom. The lowest BCUT2D eigenvalue weighted by Crippen LogP contribution is -2.32. The Labute approximate surface area is 133 Å². The van der Waals surface area contributed by atoms with E-state index in [0.717, 1.165) is 29.7 Å². The van der Waals surface area contributed by atoms with Gasteiger partial charge >= 0.3 is 6.09 Å². The predicted molar refractivity (Wildman–Crippen MR) is 84.3 cm³/mol. The molecule has 0 unspecified atom stereocenters. The van der Waals surface area contributed by atoms with Gasteiger partial charge in [0.05, 0.1) is 12.2 Å². The van der Waals surface area contributed by atoms with E-state index in [-0.39, 0.29) is 12.5 Å². The second kappa shape index (κ2) is 6.91. The Morgan fingerprint density at radius 3 is 2.73 bits per heavy atom. The molecule has 0 spiro atoms. The van der Waals surface area contributed by atoms with E-state index in [1.54, 1.807) is 6.92 Å². The summed E-state index contributed by atoms with van der Waals surface area (Å²) in [6.07, 6.45) is 1.88. The molecule has 120 valence electrons. The molecule has 2 N–H and O–H groups in total. The number of carbonyl (C=O) groups is 3. The SMILES string of the molecule is CCOC(=O)NC(=O)c1c(NC(C)=O)sc2c1CC[C@H](C)C2. The number of fused-ring (bicyclic) bond motifs is 1. The molecule has 0 saturated heterocycles. The normalized spacial score (nSPS) is 16.6. The van der Waals surface area contributed by atoms with Crippen LogP contribution in [0.15, 0.2) is 0 Å². The highest BCUT2D eigenvalue weighted by Crippen LogP contribution is 2.39. The van der Waals surface area contributed by atoms with Gasteiger partial charge in [0.25, 0.3) is 5.91 Å². The van der Waals surface area contributed by atoms with Crippen molar-refractivity contribution in [2.75, 3.05) is 11.9 Å². The van der Waals surface area contributed by atoms with Crippen LogP contribution in [0.2, 0.25) is 0 Å². The predicted octanol–water partition coefficient (Wildman–Crippen LogP) is 2.72. The molecular weight excluding hydrogens is 304 g/mol. The molecule has 1 aromatic heterocycles. The van der Waals surface area contributed by atoms with Crippen LogP contribution in [-0.2, 0) is 22.4 Å². The number of thiophene rings is 1. The number of rotatable bonds is 3. The van der Waals surface area contributed by atoms with E-state index in [1.807, 2.05) is 0 Å². The topological polar surface area (TPSA) is 84.5 Å². The first-order valence-electron chi connectivity index (χ1n) is 7.32. The van der Waals surface area contributed by atoms with Crippen LogP contribution in [0.25, 0.3) is 0 Å². The molecule has 0 radical (unpaired) electrons. The van der Waals surface area contributed by atoms with Crippen LogP contribution in [0.5, 0.6) is 0 Å². The molecule has 1 aliphatic rings. The van der Waals surface area contributed by atoms with Gasteiger partial charge < -0.3 is 10.1 Å². The molecule has 0 saturated carbocycles. The van der Waals surface area contributed by atoms with E-state index in [1.165, 1.54) is 18.3 Å². The van der Waals surface area contributed by atoms with Gasteiger partial charge in [0.1, 0.15) is 5.00 Å². The van der Waals surface area contributed by atoms with Crippen LogP contribution >= 0.6 is 11.3 Å². The number of hydrogen-bond acceptors (Lipinski definition) is 5. The van der Waals surface area contributed by atoms with E-state index in [4.69, 9.17) is 4.74 Å². The first kappa shape index (κ1) is 16.5. The maximum atomic E-state index is 12.4. The summed E-state index contributed by atoms with van der Waals surface area (Å²) in [7, 11) is 0. The van der Waals surface area contributed by atoms with Crippen molar-refractivity contribution in [1.82, 2.24) is 5.32 Å². The molecule has 1 aliphatic carbocycles. The summed E-state index contributed by atoms with van der Waals surface area (Å²) in [4.78, 5) is 36.3. The Hall–Kier alpha value is -1.89. The second-order valence-corrected chi connectivity index (χ2v) is 6.52. The molecule has 0 bridgehead atoms. The number of amides is 3. The molecule has 22 heavy (non-hydrogen) atoms. The largest absolute Gasteiger partial charge is 0.450 e. The van der Waals surface area contributed by atoms with Gasteiger partial charge in [0, 0.05) is 11.8 Å². The van der Waals surface area contributed by atoms with E-state index in [0.29, 0.717) is 16.5 Å². The van der Waals surface area contributed by atoms with E-state index in [9.17, 15) is 14.4 Å². The number of ether oxygens (including phenoxy) is 1. The zero-order chi connectivity index (χ0) is 16.3. The minimum Gasteiger partial charge on any atom is -0.450 e. The van der Waals surface area contributed by atoms with Crippen LogP contribution in [0.1, 0.15) is 48.0 Å². The molecule has 7 heteroatoms. The molecule has 0 aliphatic heterocycles. The van der Waals surface area contributed by atoms with Crippen molar-refractivity contribution in [2.24, 2.45) is 5.92 Å². The molecule has 3 amide bonds. The van der Waals surface area contributed by atoms with Crippen molar-refractivity contribution >= 4 is 34.2 Å². The summed E-state index contributed by atoms with van der Waals surface area (Å²) < 4.78 is 4.74. The highest BCUT2D eigenvalue weighted by atomic mass is 32.1. The monoisotopic (exact) mass is 324 g/mol. The third kappa shape index (κ3) is 3.65. The summed E-state index contributed by atoms with van der Waals surface area (Å²) in [5, 5.41) is 5.42. The minimum absolute atomic E-state index is 0.191. The Bertz CT molecular complexity index is 609. The van der Waals surface area contributed by atoms with Crippen molar-refractivity contribution in [3.05, 3.63) is 16.0 Å². The Morgan fingerprint density at radius 2 is 2.09 bits per heavy atom. The lowest BCUT2D eigenvalue weighted by atomic mass is 9.88. The second-order valence-electron chi connectivity index (χ2n) is 5.41. The molecule has 1 aromatic rings. The number of hydrogen-bond donors (Lipinski definition) is 2. The molecule has 0 aromatic carbocycles. The van der Waals surface area contributed by atoms with E-state index in [2.05, 4.69) is 17.6 Å². The minimum atomic E-state index is -0.773. The van der Waals surface area contributed by atoms with Gasteiger partial charge in [-0.2, -0.15) is 0 Å². The molecule has 1 atom stereocenters. The van der Waals surface area contributed by atoms with Crippen molar-refractivity contribution in [1.29, 1.82) is 0 Å². The summed E-state index contributed by atoms with van der Waals surface area (Å²) >= 11 is 1.42. The highest BCUT2D eigenvalue weighted by Gasteiger charge is 2.28. The zero-order valence-electron chi connectivity index (χ0n) is 12.9. The van der Waals surface area contributed by atoms with E-state index < -0.39 is 12.0 Å². The first-order valence-corrected chi connectivity index (χ1v) is 8.14. The quantitative estimate of drug-likeness (QED) is 0.895. The molecule has 1 heterocycles. The van der Waals surface area contributed by atoms with Gasteiger partial charge in [0.2, 0.25) is 5.91 Å². The fourth-order valence-corrected chi connectivity index (χ4v) is 4.02. The zero-order valence-corrected chi connectivity index (χ0v) is 13.8. The van der Waals surface area contributed by atoms with Gasteiger partial charge in [-0.05, 0) is 37.7 Å². The highest BCUT2D eigenvalue weighted by molar-refractivity contribution is 7.17. The van der Waals surface area contributed by atoms with Crippen molar-refractivity contribution in [2.45, 2.75) is 40.0 Å². The number of carbonyl (C=O) groups excluding carboxylic acids is 3. The maximum absolute atomic E-state index is 12.4. The van der Waals surface area contributed by atoms with Gasteiger partial charge in [-0.25, -0.2) is 4.79 Å². The fraction of sp³-hybridized carbons (Fsp3) is 0.533. The van der Waals surface area contributed by atoms with Crippen LogP contribution in [0, 0.1) is 5.92 Å². The Balaban J connectivity index is 2.32. The van der Waals surface area contributed by atoms with Gasteiger partial charge in [-0.1, -0.05) is 6.92 Å². The average molecular weight is 324 g/mol. The average Bonchev–Trinajstić information content (AvgIpc) is 2.74. The lowest BCUT2D eigenvalue weighted by Gasteiger charge is -2.18. The molecule has 6 nitrogen and oxygen atoms in total.